The van der Waals surface area contributed by atoms with Crippen molar-refractivity contribution in [2.75, 3.05) is 4.72 Å². The Morgan fingerprint density at radius 1 is 1.28 bits per heavy atom. The summed E-state index contributed by atoms with van der Waals surface area (Å²) in [7, 11) is -3.57. The van der Waals surface area contributed by atoms with Crippen molar-refractivity contribution in [1.82, 2.24) is 9.78 Å². The maximum atomic E-state index is 12.2. The normalized spacial score (nSPS) is 11.4. The molecule has 5 nitrogen and oxygen atoms in total. The zero-order valence-corrected chi connectivity index (χ0v) is 11.1. The molecule has 1 N–H and O–H groups in total. The fourth-order valence-electron chi connectivity index (χ4n) is 1.64. The molecule has 1 heterocycles. The number of aryl methyl sites for hydroxylation is 2. The van der Waals surface area contributed by atoms with Gasteiger partial charge in [0, 0.05) is 18.4 Å². The van der Waals surface area contributed by atoms with Crippen LogP contribution >= 0.6 is 0 Å². The zero-order chi connectivity index (χ0) is 13.2. The Kier molecular flexibility index (Phi) is 3.38. The molecule has 0 fully saturated rings. The first-order valence-electron chi connectivity index (χ1n) is 5.65. The van der Waals surface area contributed by atoms with Gasteiger partial charge in [-0.25, -0.2) is 8.42 Å². The highest BCUT2D eigenvalue weighted by Gasteiger charge is 2.19. The number of rotatable bonds is 4. The molecule has 1 aromatic heterocycles. The van der Waals surface area contributed by atoms with Crippen molar-refractivity contribution < 1.29 is 8.42 Å². The van der Waals surface area contributed by atoms with Gasteiger partial charge >= 0.3 is 0 Å². The van der Waals surface area contributed by atoms with E-state index in [1.54, 1.807) is 42.1 Å². The van der Waals surface area contributed by atoms with Crippen LogP contribution in [0, 0.1) is 6.92 Å². The van der Waals surface area contributed by atoms with Gasteiger partial charge in [-0.05, 0) is 26.0 Å². The van der Waals surface area contributed by atoms with Gasteiger partial charge in [-0.2, -0.15) is 5.10 Å². The van der Waals surface area contributed by atoms with Crippen molar-refractivity contribution >= 4 is 15.7 Å². The van der Waals surface area contributed by atoms with Gasteiger partial charge in [0.25, 0.3) is 10.0 Å². The van der Waals surface area contributed by atoms with Crippen LogP contribution in [-0.4, -0.2) is 18.2 Å². The van der Waals surface area contributed by atoms with Gasteiger partial charge in [-0.3, -0.25) is 9.40 Å². The smallest absolute Gasteiger partial charge is 0.265 e. The van der Waals surface area contributed by atoms with Gasteiger partial charge in [-0.1, -0.05) is 18.2 Å². The lowest BCUT2D eigenvalue weighted by atomic mass is 10.3. The molecule has 0 bridgehead atoms. The molecule has 6 heteroatoms. The lowest BCUT2D eigenvalue weighted by molar-refractivity contribution is 0.600. The van der Waals surface area contributed by atoms with Crippen LogP contribution in [0.3, 0.4) is 0 Å². The lowest BCUT2D eigenvalue weighted by Gasteiger charge is -2.06. The van der Waals surface area contributed by atoms with Gasteiger partial charge in [0.2, 0.25) is 0 Å². The molecule has 0 amide bonds. The van der Waals surface area contributed by atoms with E-state index in [0.717, 1.165) is 0 Å². The Balaban J connectivity index is 2.34. The Bertz CT molecular complexity index is 633. The average molecular weight is 265 g/mol. The van der Waals surface area contributed by atoms with Gasteiger partial charge in [0.05, 0.1) is 5.69 Å². The Hall–Kier alpha value is -1.82. The van der Waals surface area contributed by atoms with Gasteiger partial charge in [0.15, 0.2) is 0 Å². The third-order valence-corrected chi connectivity index (χ3v) is 4.03. The van der Waals surface area contributed by atoms with Crippen molar-refractivity contribution in [1.29, 1.82) is 0 Å². The minimum absolute atomic E-state index is 0.216. The highest BCUT2D eigenvalue weighted by atomic mass is 32.2. The van der Waals surface area contributed by atoms with Crippen LogP contribution in [0.1, 0.15) is 12.6 Å². The number of hydrogen-bond donors (Lipinski definition) is 1. The van der Waals surface area contributed by atoms with Gasteiger partial charge in [-0.15, -0.1) is 0 Å². The summed E-state index contributed by atoms with van der Waals surface area (Å²) in [4.78, 5) is 0.216. The maximum absolute atomic E-state index is 12.2. The predicted molar refractivity (Wildman–Crippen MR) is 69.9 cm³/mol. The Morgan fingerprint density at radius 2 is 1.94 bits per heavy atom. The van der Waals surface area contributed by atoms with Crippen LogP contribution < -0.4 is 4.72 Å². The number of para-hydroxylation sites is 1. The molecule has 0 aliphatic rings. The number of aromatic nitrogens is 2. The topological polar surface area (TPSA) is 64.0 Å². The van der Waals surface area contributed by atoms with Crippen LogP contribution in [0.4, 0.5) is 5.69 Å². The van der Waals surface area contributed by atoms with Gasteiger partial charge in [0.1, 0.15) is 4.90 Å². The maximum Gasteiger partial charge on any atom is 0.265 e. The van der Waals surface area contributed by atoms with Crippen LogP contribution in [-0.2, 0) is 16.6 Å². The zero-order valence-electron chi connectivity index (χ0n) is 10.3. The second-order valence-electron chi connectivity index (χ2n) is 3.91. The molecule has 0 radical (unpaired) electrons. The first-order valence-corrected chi connectivity index (χ1v) is 7.13. The average Bonchev–Trinajstić information content (AvgIpc) is 2.72. The first kappa shape index (κ1) is 12.6. The molecule has 0 aliphatic heterocycles. The van der Waals surface area contributed by atoms with Crippen LogP contribution in [0.15, 0.2) is 41.4 Å². The van der Waals surface area contributed by atoms with E-state index in [4.69, 9.17) is 0 Å². The summed E-state index contributed by atoms with van der Waals surface area (Å²) in [5.41, 5.74) is 1.04. The monoisotopic (exact) mass is 265 g/mol. The van der Waals surface area contributed by atoms with E-state index in [0.29, 0.717) is 17.9 Å². The number of nitrogens with one attached hydrogen (secondary N) is 1. The SMILES string of the molecule is CCn1cc(S(=O)(=O)Nc2ccccc2)c(C)n1. The standard InChI is InChI=1S/C12H15N3O2S/c1-3-15-9-12(10(2)13-15)18(16,17)14-11-7-5-4-6-8-11/h4-9,14H,3H2,1-2H3. The van der Waals surface area contributed by atoms with E-state index >= 15 is 0 Å². The molecule has 0 unspecified atom stereocenters. The van der Waals surface area contributed by atoms with E-state index in [1.807, 2.05) is 13.0 Å². The summed E-state index contributed by atoms with van der Waals surface area (Å²) in [6.45, 7) is 4.24. The summed E-state index contributed by atoms with van der Waals surface area (Å²) in [5, 5.41) is 4.13. The number of anilines is 1. The van der Waals surface area contributed by atoms with E-state index in [2.05, 4.69) is 9.82 Å². The lowest BCUT2D eigenvalue weighted by Crippen LogP contribution is -2.13. The predicted octanol–water partition coefficient (Wildman–Crippen LogP) is 2.01. The second-order valence-corrected chi connectivity index (χ2v) is 5.56. The molecular formula is C12H15N3O2S. The number of benzene rings is 1. The third kappa shape index (κ3) is 2.53. The summed E-state index contributed by atoms with van der Waals surface area (Å²) < 4.78 is 28.5. The summed E-state index contributed by atoms with van der Waals surface area (Å²) in [6.07, 6.45) is 1.54. The third-order valence-electron chi connectivity index (χ3n) is 2.54. The molecule has 0 spiro atoms. The molecule has 0 atom stereocenters. The fraction of sp³-hybridized carbons (Fsp3) is 0.250. The minimum atomic E-state index is -3.57. The van der Waals surface area contributed by atoms with Crippen molar-refractivity contribution in [2.45, 2.75) is 25.3 Å². The largest absolute Gasteiger partial charge is 0.280 e. The molecule has 0 saturated carbocycles. The van der Waals surface area contributed by atoms with Crippen molar-refractivity contribution in [2.24, 2.45) is 0 Å². The highest BCUT2D eigenvalue weighted by Crippen LogP contribution is 2.18. The molecular weight excluding hydrogens is 250 g/mol. The van der Waals surface area contributed by atoms with Crippen molar-refractivity contribution in [3.05, 3.63) is 42.2 Å². The number of sulfonamides is 1. The molecule has 2 rings (SSSR count). The van der Waals surface area contributed by atoms with E-state index in [-0.39, 0.29) is 4.90 Å². The van der Waals surface area contributed by atoms with Gasteiger partial charge < -0.3 is 0 Å². The van der Waals surface area contributed by atoms with E-state index in [9.17, 15) is 8.42 Å². The molecule has 18 heavy (non-hydrogen) atoms. The number of hydrogen-bond acceptors (Lipinski definition) is 3. The van der Waals surface area contributed by atoms with E-state index in [1.165, 1.54) is 0 Å². The van der Waals surface area contributed by atoms with Crippen molar-refractivity contribution in [3.8, 4) is 0 Å². The molecule has 96 valence electrons. The van der Waals surface area contributed by atoms with Crippen LogP contribution in [0.2, 0.25) is 0 Å². The van der Waals surface area contributed by atoms with Crippen LogP contribution in [0.5, 0.6) is 0 Å². The Labute approximate surface area is 107 Å². The highest BCUT2D eigenvalue weighted by molar-refractivity contribution is 7.92. The second kappa shape index (κ2) is 4.81. The molecule has 0 aliphatic carbocycles. The molecule has 1 aromatic carbocycles. The fourth-order valence-corrected chi connectivity index (χ4v) is 2.89. The summed E-state index contributed by atoms with van der Waals surface area (Å²) >= 11 is 0. The van der Waals surface area contributed by atoms with Crippen LogP contribution in [0.25, 0.3) is 0 Å². The van der Waals surface area contributed by atoms with Crippen molar-refractivity contribution in [3.63, 3.8) is 0 Å². The summed E-state index contributed by atoms with van der Waals surface area (Å²) in [6, 6.07) is 8.80. The first-order chi connectivity index (χ1) is 8.53. The minimum Gasteiger partial charge on any atom is -0.280 e. The molecule has 2 aromatic rings. The van der Waals surface area contributed by atoms with E-state index < -0.39 is 10.0 Å². The molecule has 0 saturated heterocycles. The summed E-state index contributed by atoms with van der Waals surface area (Å²) in [5.74, 6) is 0. The number of nitrogens with zero attached hydrogens (tertiary/aromatic N) is 2. The Morgan fingerprint density at radius 3 is 2.50 bits per heavy atom. The quantitative estimate of drug-likeness (QED) is 0.919.